The van der Waals surface area contributed by atoms with Crippen LogP contribution < -0.4 is 0 Å². The first-order valence-electron chi connectivity index (χ1n) is 4.70. The Morgan fingerprint density at radius 3 is 2.62 bits per heavy atom. The van der Waals surface area contributed by atoms with Gasteiger partial charge in [0.1, 0.15) is 0 Å². The summed E-state index contributed by atoms with van der Waals surface area (Å²) in [5, 5.41) is 8.89. The van der Waals surface area contributed by atoms with Gasteiger partial charge in [-0.3, -0.25) is 4.18 Å². The lowest BCUT2D eigenvalue weighted by atomic mass is 10.2. The highest BCUT2D eigenvalue weighted by atomic mass is 32.2. The van der Waals surface area contributed by atoms with Crippen LogP contribution in [0, 0.1) is 0 Å². The molecule has 0 saturated carbocycles. The highest BCUT2D eigenvalue weighted by Gasteiger charge is 2.37. The molecule has 1 N–H and O–H groups in total. The fourth-order valence-electron chi connectivity index (χ4n) is 1.78. The summed E-state index contributed by atoms with van der Waals surface area (Å²) in [6.45, 7) is 0.284. The molecule has 16 heavy (non-hydrogen) atoms. The summed E-state index contributed by atoms with van der Waals surface area (Å²) in [6, 6.07) is -0.353. The van der Waals surface area contributed by atoms with Crippen molar-refractivity contribution in [2.75, 3.05) is 26.5 Å². The van der Waals surface area contributed by atoms with Crippen molar-refractivity contribution in [1.29, 1.82) is 0 Å². The van der Waals surface area contributed by atoms with E-state index in [0.717, 1.165) is 11.2 Å². The fraction of sp³-hybridized carbons (Fsp3) is 0.875. The number of methoxy groups -OCH3 is 1. The van der Waals surface area contributed by atoms with Crippen molar-refractivity contribution in [3.05, 3.63) is 0 Å². The van der Waals surface area contributed by atoms with Gasteiger partial charge in [-0.15, -0.1) is 0 Å². The first-order valence-corrected chi connectivity index (χ1v) is 6.52. The Bertz CT molecular complexity index is 354. The minimum absolute atomic E-state index is 0.0520. The third-order valence-corrected chi connectivity index (χ3v) is 2.91. The lowest BCUT2D eigenvalue weighted by molar-refractivity contribution is 0.0987. The Morgan fingerprint density at radius 2 is 2.19 bits per heavy atom. The molecule has 1 rings (SSSR count). The first-order chi connectivity index (χ1) is 7.33. The van der Waals surface area contributed by atoms with Gasteiger partial charge in [-0.25, -0.2) is 4.79 Å². The molecule has 0 aliphatic carbocycles. The Kier molecular flexibility index (Phi) is 4.11. The van der Waals surface area contributed by atoms with Crippen molar-refractivity contribution in [2.24, 2.45) is 0 Å². The van der Waals surface area contributed by atoms with Gasteiger partial charge in [0.2, 0.25) is 0 Å². The van der Waals surface area contributed by atoms with Crippen molar-refractivity contribution in [3.63, 3.8) is 0 Å². The van der Waals surface area contributed by atoms with Crippen LogP contribution in [-0.2, 0) is 19.0 Å². The number of hydrogen-bond donors (Lipinski definition) is 1. The molecule has 0 aromatic rings. The number of likely N-dealkylation sites (tertiary alicyclic amines) is 1. The topological polar surface area (TPSA) is 93.1 Å². The van der Waals surface area contributed by atoms with Gasteiger partial charge in [-0.1, -0.05) is 0 Å². The SMILES string of the molecule is COC[C@H]1C[C@H](OS(C)(=O)=O)CN1C(=O)O. The molecule has 1 aliphatic heterocycles. The zero-order valence-corrected chi connectivity index (χ0v) is 9.94. The van der Waals surface area contributed by atoms with Gasteiger partial charge in [0.15, 0.2) is 0 Å². The second-order valence-electron chi connectivity index (χ2n) is 3.70. The Hall–Kier alpha value is -0.860. The quantitative estimate of drug-likeness (QED) is 0.693. The van der Waals surface area contributed by atoms with Gasteiger partial charge >= 0.3 is 6.09 Å². The van der Waals surface area contributed by atoms with Crippen LogP contribution in [0.3, 0.4) is 0 Å². The summed E-state index contributed by atoms with van der Waals surface area (Å²) in [6.07, 6.45) is -0.442. The van der Waals surface area contributed by atoms with E-state index in [2.05, 4.69) is 0 Å². The Labute approximate surface area is 94.1 Å². The largest absolute Gasteiger partial charge is 0.465 e. The molecule has 0 aromatic heterocycles. The summed E-state index contributed by atoms with van der Waals surface area (Å²) in [4.78, 5) is 12.0. The Balaban J connectivity index is 2.65. The summed E-state index contributed by atoms with van der Waals surface area (Å²) < 4.78 is 31.5. The van der Waals surface area contributed by atoms with Crippen LogP contribution in [0.2, 0.25) is 0 Å². The van der Waals surface area contributed by atoms with Crippen LogP contribution >= 0.6 is 0 Å². The third-order valence-electron chi connectivity index (χ3n) is 2.29. The van der Waals surface area contributed by atoms with E-state index in [1.807, 2.05) is 0 Å². The van der Waals surface area contributed by atoms with E-state index < -0.39 is 22.3 Å². The molecule has 2 atom stereocenters. The molecule has 1 heterocycles. The molecule has 0 unspecified atom stereocenters. The van der Waals surface area contributed by atoms with E-state index in [4.69, 9.17) is 14.0 Å². The van der Waals surface area contributed by atoms with Gasteiger partial charge < -0.3 is 14.7 Å². The first kappa shape index (κ1) is 13.2. The second kappa shape index (κ2) is 4.98. The molecule has 94 valence electrons. The molecule has 1 aliphatic rings. The Morgan fingerprint density at radius 1 is 1.56 bits per heavy atom. The third kappa shape index (κ3) is 3.62. The molecular formula is C8H15NO6S. The van der Waals surface area contributed by atoms with E-state index in [9.17, 15) is 13.2 Å². The second-order valence-corrected chi connectivity index (χ2v) is 5.30. The molecule has 1 saturated heterocycles. The number of hydrogen-bond acceptors (Lipinski definition) is 5. The maximum absolute atomic E-state index is 10.9. The zero-order valence-electron chi connectivity index (χ0n) is 9.12. The number of carboxylic acid groups (broad SMARTS) is 1. The standard InChI is InChI=1S/C8H15NO6S/c1-14-5-6-3-7(15-16(2,12)13)4-9(6)8(10)11/h6-7H,3-5H2,1-2H3,(H,10,11)/t6-,7+/m1/s1. The van der Waals surface area contributed by atoms with Crippen LogP contribution in [0.5, 0.6) is 0 Å². The summed E-state index contributed by atoms with van der Waals surface area (Å²) in [5.41, 5.74) is 0. The average molecular weight is 253 g/mol. The van der Waals surface area contributed by atoms with Crippen LogP contribution in [-0.4, -0.2) is 63.2 Å². The van der Waals surface area contributed by atoms with E-state index in [1.165, 1.54) is 7.11 Å². The fourth-order valence-corrected chi connectivity index (χ4v) is 2.41. The van der Waals surface area contributed by atoms with Crippen molar-refractivity contribution in [3.8, 4) is 0 Å². The normalized spacial score (nSPS) is 26.0. The smallest absolute Gasteiger partial charge is 0.407 e. The molecular weight excluding hydrogens is 238 g/mol. The number of amides is 1. The van der Waals surface area contributed by atoms with E-state index >= 15 is 0 Å². The number of nitrogens with zero attached hydrogens (tertiary/aromatic N) is 1. The average Bonchev–Trinajstić information content (AvgIpc) is 2.45. The zero-order chi connectivity index (χ0) is 12.3. The lowest BCUT2D eigenvalue weighted by Gasteiger charge is -2.19. The number of ether oxygens (including phenoxy) is 1. The van der Waals surface area contributed by atoms with Crippen LogP contribution in [0.4, 0.5) is 4.79 Å². The molecule has 1 fully saturated rings. The predicted molar refractivity (Wildman–Crippen MR) is 54.7 cm³/mol. The van der Waals surface area contributed by atoms with Gasteiger partial charge in [0.25, 0.3) is 10.1 Å². The minimum atomic E-state index is -3.56. The molecule has 8 heteroatoms. The summed E-state index contributed by atoms with van der Waals surface area (Å²) >= 11 is 0. The van der Waals surface area contributed by atoms with Crippen LogP contribution in [0.1, 0.15) is 6.42 Å². The van der Waals surface area contributed by atoms with E-state index in [0.29, 0.717) is 6.42 Å². The maximum atomic E-state index is 10.9. The van der Waals surface area contributed by atoms with Gasteiger partial charge in [0.05, 0.1) is 31.6 Å². The number of rotatable bonds is 4. The van der Waals surface area contributed by atoms with Gasteiger partial charge in [-0.2, -0.15) is 8.42 Å². The molecule has 0 aromatic carbocycles. The van der Waals surface area contributed by atoms with Gasteiger partial charge in [0, 0.05) is 7.11 Å². The van der Waals surface area contributed by atoms with Crippen molar-refractivity contribution < 1.29 is 27.2 Å². The van der Waals surface area contributed by atoms with E-state index in [-0.39, 0.29) is 19.2 Å². The predicted octanol–water partition coefficient (Wildman–Crippen LogP) is -0.270. The van der Waals surface area contributed by atoms with Gasteiger partial charge in [-0.05, 0) is 6.42 Å². The minimum Gasteiger partial charge on any atom is -0.465 e. The molecule has 1 amide bonds. The molecule has 0 radical (unpaired) electrons. The molecule has 0 spiro atoms. The van der Waals surface area contributed by atoms with Crippen LogP contribution in [0.25, 0.3) is 0 Å². The van der Waals surface area contributed by atoms with Crippen molar-refractivity contribution >= 4 is 16.2 Å². The molecule has 0 bridgehead atoms. The summed E-state index contributed by atoms with van der Waals surface area (Å²) in [5.74, 6) is 0. The highest BCUT2D eigenvalue weighted by Crippen LogP contribution is 2.21. The lowest BCUT2D eigenvalue weighted by Crippen LogP contribution is -2.37. The van der Waals surface area contributed by atoms with Crippen molar-refractivity contribution in [1.82, 2.24) is 4.90 Å². The van der Waals surface area contributed by atoms with Crippen LogP contribution in [0.15, 0.2) is 0 Å². The van der Waals surface area contributed by atoms with Crippen molar-refractivity contribution in [2.45, 2.75) is 18.6 Å². The van der Waals surface area contributed by atoms with E-state index in [1.54, 1.807) is 0 Å². The molecule has 7 nitrogen and oxygen atoms in total. The highest BCUT2D eigenvalue weighted by molar-refractivity contribution is 7.86. The monoisotopic (exact) mass is 253 g/mol. The number of carbonyl (C=O) groups is 1. The summed E-state index contributed by atoms with van der Waals surface area (Å²) in [7, 11) is -2.09. The maximum Gasteiger partial charge on any atom is 0.407 e.